The maximum atomic E-state index is 11.6. The van der Waals surface area contributed by atoms with E-state index < -0.39 is 11.3 Å². The second kappa shape index (κ2) is 5.38. The molecule has 0 fully saturated rings. The van der Waals surface area contributed by atoms with Crippen LogP contribution in [0.4, 0.5) is 0 Å². The molecular weight excluding hydrogens is 288 g/mol. The van der Waals surface area contributed by atoms with E-state index in [0.29, 0.717) is 23.4 Å². The lowest BCUT2D eigenvalue weighted by atomic mass is 9.92. The van der Waals surface area contributed by atoms with Crippen LogP contribution in [0.1, 0.15) is 37.5 Å². The number of halogens is 1. The van der Waals surface area contributed by atoms with Crippen molar-refractivity contribution >= 4 is 28.5 Å². The summed E-state index contributed by atoms with van der Waals surface area (Å²) in [6.07, 6.45) is 0. The molecule has 0 saturated heterocycles. The first-order valence-corrected chi connectivity index (χ1v) is 7.05. The van der Waals surface area contributed by atoms with Crippen LogP contribution in [0.5, 0.6) is 0 Å². The number of nitrogens with zero attached hydrogens (tertiary/aromatic N) is 3. The predicted octanol–water partition coefficient (Wildman–Crippen LogP) is 2.72. The molecule has 1 heterocycles. The number of carbonyl (C=O) groups is 1. The maximum absolute atomic E-state index is 11.6. The number of rotatable bonds is 4. The van der Waals surface area contributed by atoms with E-state index in [9.17, 15) is 10.1 Å². The molecule has 110 valence electrons. The molecule has 1 aromatic carbocycles. The minimum Gasteiger partial charge on any atom is -0.369 e. The maximum Gasteiger partial charge on any atom is 0.224 e. The van der Waals surface area contributed by atoms with Gasteiger partial charge in [-0.1, -0.05) is 6.07 Å². The third kappa shape index (κ3) is 2.72. The number of primary amides is 1. The van der Waals surface area contributed by atoms with E-state index in [-0.39, 0.29) is 5.38 Å². The highest BCUT2D eigenvalue weighted by atomic mass is 35.5. The van der Waals surface area contributed by atoms with Crippen LogP contribution >= 0.6 is 11.6 Å². The third-order valence-electron chi connectivity index (χ3n) is 3.51. The minimum absolute atomic E-state index is 0.340. The molecule has 5 nitrogen and oxygen atoms in total. The number of nitriles is 1. The molecule has 1 unspecified atom stereocenters. The summed E-state index contributed by atoms with van der Waals surface area (Å²) in [5.41, 5.74) is 6.59. The van der Waals surface area contributed by atoms with Crippen molar-refractivity contribution in [2.45, 2.75) is 32.7 Å². The molecule has 0 aliphatic carbocycles. The highest BCUT2D eigenvalue weighted by Crippen LogP contribution is 2.29. The van der Waals surface area contributed by atoms with E-state index >= 15 is 0 Å². The number of amides is 1. The zero-order valence-electron chi connectivity index (χ0n) is 12.2. The van der Waals surface area contributed by atoms with Crippen molar-refractivity contribution < 1.29 is 4.79 Å². The summed E-state index contributed by atoms with van der Waals surface area (Å²) in [4.78, 5) is 16.1. The SMILES string of the molecule is CC(Cl)c1nc2c(C#N)cccc2n1CC(C)(C)C(N)=O. The molecule has 2 N–H and O–H groups in total. The Morgan fingerprint density at radius 2 is 2.24 bits per heavy atom. The van der Waals surface area contributed by atoms with Gasteiger partial charge in [0.1, 0.15) is 17.4 Å². The highest BCUT2D eigenvalue weighted by molar-refractivity contribution is 6.20. The molecular formula is C15H17ClN4O. The van der Waals surface area contributed by atoms with Gasteiger partial charge in [0.05, 0.1) is 21.9 Å². The smallest absolute Gasteiger partial charge is 0.224 e. The Hall–Kier alpha value is -2.06. The van der Waals surface area contributed by atoms with Crippen LogP contribution in [-0.2, 0) is 11.3 Å². The quantitative estimate of drug-likeness (QED) is 0.881. The molecule has 1 aromatic heterocycles. The first kappa shape index (κ1) is 15.3. The number of carbonyl (C=O) groups excluding carboxylic acids is 1. The monoisotopic (exact) mass is 304 g/mol. The van der Waals surface area contributed by atoms with Crippen LogP contribution in [0, 0.1) is 16.7 Å². The Labute approximate surface area is 128 Å². The van der Waals surface area contributed by atoms with E-state index in [1.54, 1.807) is 26.0 Å². The van der Waals surface area contributed by atoms with E-state index in [1.165, 1.54) is 0 Å². The van der Waals surface area contributed by atoms with Crippen molar-refractivity contribution in [3.8, 4) is 6.07 Å². The molecule has 0 bridgehead atoms. The van der Waals surface area contributed by atoms with Crippen LogP contribution in [0.15, 0.2) is 18.2 Å². The van der Waals surface area contributed by atoms with E-state index in [0.717, 1.165) is 5.52 Å². The van der Waals surface area contributed by atoms with Crippen molar-refractivity contribution in [3.63, 3.8) is 0 Å². The van der Waals surface area contributed by atoms with Gasteiger partial charge in [0.25, 0.3) is 0 Å². The number of para-hydroxylation sites is 1. The van der Waals surface area contributed by atoms with Gasteiger partial charge in [0.15, 0.2) is 0 Å². The minimum atomic E-state index is -0.739. The molecule has 1 amide bonds. The summed E-state index contributed by atoms with van der Waals surface area (Å²) < 4.78 is 1.87. The lowest BCUT2D eigenvalue weighted by Crippen LogP contribution is -2.35. The molecule has 21 heavy (non-hydrogen) atoms. The molecule has 0 aliphatic heterocycles. The van der Waals surface area contributed by atoms with E-state index in [2.05, 4.69) is 11.1 Å². The molecule has 2 rings (SSSR count). The van der Waals surface area contributed by atoms with Gasteiger partial charge in [0, 0.05) is 6.54 Å². The second-order valence-corrected chi connectivity index (χ2v) is 6.36. The van der Waals surface area contributed by atoms with Crippen LogP contribution in [-0.4, -0.2) is 15.5 Å². The Bertz CT molecular complexity index is 740. The molecule has 0 radical (unpaired) electrons. The van der Waals surface area contributed by atoms with Gasteiger partial charge in [-0.05, 0) is 32.9 Å². The van der Waals surface area contributed by atoms with Gasteiger partial charge in [0.2, 0.25) is 5.91 Å². The fraction of sp³-hybridized carbons (Fsp3) is 0.400. The molecule has 0 saturated carbocycles. The Kier molecular flexibility index (Phi) is 3.93. The Morgan fingerprint density at radius 3 is 2.76 bits per heavy atom. The van der Waals surface area contributed by atoms with Gasteiger partial charge in [-0.15, -0.1) is 11.6 Å². The zero-order chi connectivity index (χ0) is 15.8. The summed E-state index contributed by atoms with van der Waals surface area (Å²) >= 11 is 6.20. The number of fused-ring (bicyclic) bond motifs is 1. The average molecular weight is 305 g/mol. The summed E-state index contributed by atoms with van der Waals surface area (Å²) in [6.45, 7) is 5.72. The van der Waals surface area contributed by atoms with Crippen molar-refractivity contribution in [3.05, 3.63) is 29.6 Å². The lowest BCUT2D eigenvalue weighted by molar-refractivity contribution is -0.126. The fourth-order valence-electron chi connectivity index (χ4n) is 2.20. The van der Waals surface area contributed by atoms with E-state index in [1.807, 2.05) is 17.6 Å². The molecule has 0 aliphatic rings. The van der Waals surface area contributed by atoms with Crippen LogP contribution in [0.3, 0.4) is 0 Å². The largest absolute Gasteiger partial charge is 0.369 e. The summed E-state index contributed by atoms with van der Waals surface area (Å²) in [5, 5.41) is 8.85. The number of aromatic nitrogens is 2. The van der Waals surface area contributed by atoms with Gasteiger partial charge in [-0.25, -0.2) is 4.98 Å². The first-order valence-electron chi connectivity index (χ1n) is 6.61. The van der Waals surface area contributed by atoms with Crippen LogP contribution in [0.2, 0.25) is 0 Å². The van der Waals surface area contributed by atoms with Crippen LogP contribution < -0.4 is 5.73 Å². The lowest BCUT2D eigenvalue weighted by Gasteiger charge is -2.23. The molecule has 2 aromatic rings. The standard InChI is InChI=1S/C15H17ClN4O/c1-9(16)13-19-12-10(7-17)5-4-6-11(12)20(13)8-15(2,3)14(18)21/h4-6,9H,8H2,1-3H3,(H2,18,21). The first-order chi connectivity index (χ1) is 9.77. The third-order valence-corrected chi connectivity index (χ3v) is 3.70. The summed E-state index contributed by atoms with van der Waals surface area (Å²) in [7, 11) is 0. The number of alkyl halides is 1. The van der Waals surface area contributed by atoms with Gasteiger partial charge >= 0.3 is 0 Å². The Morgan fingerprint density at radius 1 is 1.57 bits per heavy atom. The van der Waals surface area contributed by atoms with Crippen molar-refractivity contribution in [2.24, 2.45) is 11.1 Å². The Balaban J connectivity index is 2.69. The fourth-order valence-corrected chi connectivity index (χ4v) is 2.36. The van der Waals surface area contributed by atoms with Gasteiger partial charge in [-0.2, -0.15) is 5.26 Å². The van der Waals surface area contributed by atoms with Gasteiger partial charge in [-0.3, -0.25) is 4.79 Å². The normalized spacial score (nSPS) is 13.1. The number of nitrogens with two attached hydrogens (primary N) is 1. The van der Waals surface area contributed by atoms with Crippen molar-refractivity contribution in [1.29, 1.82) is 5.26 Å². The number of imidazole rings is 1. The number of hydrogen-bond donors (Lipinski definition) is 1. The molecule has 0 spiro atoms. The topological polar surface area (TPSA) is 84.7 Å². The summed E-state index contributed by atoms with van der Waals surface area (Å²) in [6, 6.07) is 7.49. The molecule has 1 atom stereocenters. The second-order valence-electron chi connectivity index (χ2n) is 5.71. The number of hydrogen-bond acceptors (Lipinski definition) is 3. The average Bonchev–Trinajstić information content (AvgIpc) is 2.77. The zero-order valence-corrected chi connectivity index (χ0v) is 13.0. The predicted molar refractivity (Wildman–Crippen MR) is 81.7 cm³/mol. The van der Waals surface area contributed by atoms with Crippen molar-refractivity contribution in [1.82, 2.24) is 9.55 Å². The van der Waals surface area contributed by atoms with Gasteiger partial charge < -0.3 is 10.3 Å². The highest BCUT2D eigenvalue weighted by Gasteiger charge is 2.28. The van der Waals surface area contributed by atoms with E-state index in [4.69, 9.17) is 17.3 Å². The molecule has 6 heteroatoms. The summed E-state index contributed by atoms with van der Waals surface area (Å²) in [5.74, 6) is 0.234. The van der Waals surface area contributed by atoms with Crippen LogP contribution in [0.25, 0.3) is 11.0 Å². The van der Waals surface area contributed by atoms with Crippen molar-refractivity contribution in [2.75, 3.05) is 0 Å². The number of benzene rings is 1.